The van der Waals surface area contributed by atoms with Gasteiger partial charge in [-0.15, -0.1) is 0 Å². The predicted octanol–water partition coefficient (Wildman–Crippen LogP) is 3.51. The van der Waals surface area contributed by atoms with Crippen molar-refractivity contribution in [3.8, 4) is 0 Å². The minimum Gasteiger partial charge on any atom is -0.481 e. The summed E-state index contributed by atoms with van der Waals surface area (Å²) in [6.45, 7) is 0.702. The summed E-state index contributed by atoms with van der Waals surface area (Å²) < 4.78 is 0. The number of rotatable bonds is 2. The zero-order valence-corrected chi connectivity index (χ0v) is 13.2. The monoisotopic (exact) mass is 321 g/mol. The fourth-order valence-electron chi connectivity index (χ4n) is 3.60. The number of fused-ring (bicyclic) bond motifs is 1. The Morgan fingerprint density at radius 1 is 1.14 bits per heavy atom. The summed E-state index contributed by atoms with van der Waals surface area (Å²) in [6.07, 6.45) is 4.41. The van der Waals surface area contributed by atoms with Crippen molar-refractivity contribution < 1.29 is 14.7 Å². The average molecular weight is 322 g/mol. The van der Waals surface area contributed by atoms with Gasteiger partial charge in [0.1, 0.15) is 0 Å². The van der Waals surface area contributed by atoms with E-state index in [1.807, 2.05) is 23.1 Å². The van der Waals surface area contributed by atoms with Gasteiger partial charge in [0.05, 0.1) is 5.92 Å². The lowest BCUT2D eigenvalue weighted by atomic mass is 9.97. The van der Waals surface area contributed by atoms with Crippen LogP contribution in [0.2, 0.25) is 5.02 Å². The summed E-state index contributed by atoms with van der Waals surface area (Å²) in [5.41, 5.74) is 2.09. The smallest absolute Gasteiger partial charge is 0.306 e. The molecule has 0 saturated heterocycles. The fraction of sp³-hybridized carbons (Fsp3) is 0.529. The van der Waals surface area contributed by atoms with Gasteiger partial charge < -0.3 is 10.0 Å². The highest BCUT2D eigenvalue weighted by molar-refractivity contribution is 6.31. The van der Waals surface area contributed by atoms with E-state index in [9.17, 15) is 9.59 Å². The van der Waals surface area contributed by atoms with Gasteiger partial charge in [0.15, 0.2) is 0 Å². The van der Waals surface area contributed by atoms with Crippen LogP contribution in [0.5, 0.6) is 0 Å². The van der Waals surface area contributed by atoms with Crippen molar-refractivity contribution in [1.29, 1.82) is 0 Å². The number of halogens is 1. The summed E-state index contributed by atoms with van der Waals surface area (Å²) in [5.74, 6) is -0.953. The van der Waals surface area contributed by atoms with Crippen LogP contribution in [-0.4, -0.2) is 23.5 Å². The lowest BCUT2D eigenvalue weighted by Crippen LogP contribution is -2.34. The van der Waals surface area contributed by atoms with Crippen molar-refractivity contribution >= 4 is 29.2 Å². The number of anilines is 1. The zero-order chi connectivity index (χ0) is 15.7. The topological polar surface area (TPSA) is 57.6 Å². The maximum atomic E-state index is 12.8. The Hall–Kier alpha value is -1.55. The highest BCUT2D eigenvalue weighted by Crippen LogP contribution is 2.35. The second-order valence-corrected chi connectivity index (χ2v) is 6.69. The molecule has 1 N–H and O–H groups in total. The molecule has 0 spiro atoms. The van der Waals surface area contributed by atoms with E-state index in [0.717, 1.165) is 30.5 Å². The van der Waals surface area contributed by atoms with Gasteiger partial charge in [-0.3, -0.25) is 9.59 Å². The van der Waals surface area contributed by atoms with E-state index in [1.54, 1.807) is 0 Å². The van der Waals surface area contributed by atoms with Crippen LogP contribution >= 0.6 is 11.6 Å². The molecule has 1 aromatic carbocycles. The Morgan fingerprint density at radius 2 is 1.86 bits per heavy atom. The summed E-state index contributed by atoms with van der Waals surface area (Å²) in [7, 11) is 0. The third-order valence-corrected chi connectivity index (χ3v) is 5.11. The maximum Gasteiger partial charge on any atom is 0.306 e. The van der Waals surface area contributed by atoms with Crippen molar-refractivity contribution in [2.45, 2.75) is 38.5 Å². The Morgan fingerprint density at radius 3 is 2.64 bits per heavy atom. The molecule has 1 amide bonds. The first-order valence-corrected chi connectivity index (χ1v) is 8.26. The van der Waals surface area contributed by atoms with E-state index in [-0.39, 0.29) is 17.7 Å². The molecule has 1 aliphatic heterocycles. The average Bonchev–Trinajstić information content (AvgIpc) is 2.74. The fourth-order valence-corrected chi connectivity index (χ4v) is 3.76. The first kappa shape index (κ1) is 15.3. The van der Waals surface area contributed by atoms with E-state index in [0.29, 0.717) is 30.8 Å². The molecule has 1 aromatic rings. The van der Waals surface area contributed by atoms with Crippen LogP contribution in [0.25, 0.3) is 0 Å². The number of aliphatic carboxylic acids is 1. The molecule has 118 valence electrons. The molecule has 0 radical (unpaired) electrons. The molecule has 4 nitrogen and oxygen atoms in total. The predicted molar refractivity (Wildman–Crippen MR) is 85.2 cm³/mol. The second-order valence-electron chi connectivity index (χ2n) is 6.25. The van der Waals surface area contributed by atoms with Gasteiger partial charge in [0, 0.05) is 23.2 Å². The second kappa shape index (κ2) is 6.29. The van der Waals surface area contributed by atoms with Crippen LogP contribution in [0.1, 0.15) is 37.7 Å². The minimum absolute atomic E-state index is 0.0609. The molecule has 2 unspecified atom stereocenters. The first-order valence-electron chi connectivity index (χ1n) is 7.89. The Kier molecular flexibility index (Phi) is 4.39. The van der Waals surface area contributed by atoms with Crippen LogP contribution in [0.3, 0.4) is 0 Å². The summed E-state index contributed by atoms with van der Waals surface area (Å²) >= 11 is 6.06. The molecule has 1 fully saturated rings. The molecular weight excluding hydrogens is 302 g/mol. The largest absolute Gasteiger partial charge is 0.481 e. The molecule has 2 aliphatic rings. The van der Waals surface area contributed by atoms with Gasteiger partial charge in [0.25, 0.3) is 0 Å². The SMILES string of the molecule is O=C(O)C1CCCC(C(=O)N2CCc3ccc(Cl)cc32)CC1. The quantitative estimate of drug-likeness (QED) is 0.848. The number of hydrogen-bond donors (Lipinski definition) is 1. The summed E-state index contributed by atoms with van der Waals surface area (Å²) in [6, 6.07) is 5.70. The third-order valence-electron chi connectivity index (χ3n) is 4.88. The van der Waals surface area contributed by atoms with Crippen molar-refractivity contribution in [2.75, 3.05) is 11.4 Å². The molecule has 3 rings (SSSR count). The van der Waals surface area contributed by atoms with Crippen molar-refractivity contribution in [1.82, 2.24) is 0 Å². The third kappa shape index (κ3) is 2.98. The lowest BCUT2D eigenvalue weighted by molar-refractivity contribution is -0.142. The van der Waals surface area contributed by atoms with Gasteiger partial charge in [-0.2, -0.15) is 0 Å². The van der Waals surface area contributed by atoms with Crippen LogP contribution in [-0.2, 0) is 16.0 Å². The van der Waals surface area contributed by atoms with Gasteiger partial charge in [-0.25, -0.2) is 0 Å². The Bertz CT molecular complexity index is 602. The standard InChI is InChI=1S/C17H20ClNO3/c18-14-7-6-11-8-9-19(15(11)10-14)16(20)12-2-1-3-13(5-4-12)17(21)22/h6-7,10,12-13H,1-5,8-9H2,(H,21,22). The molecule has 2 atom stereocenters. The van der Waals surface area contributed by atoms with Gasteiger partial charge in [-0.05, 0) is 49.8 Å². The van der Waals surface area contributed by atoms with Crippen molar-refractivity contribution in [3.05, 3.63) is 28.8 Å². The normalized spacial score (nSPS) is 24.7. The number of carboxylic acids is 1. The number of carbonyl (C=O) groups is 2. The Labute approximate surface area is 135 Å². The van der Waals surface area contributed by atoms with Crippen LogP contribution < -0.4 is 4.90 Å². The van der Waals surface area contributed by atoms with Crippen molar-refractivity contribution in [3.63, 3.8) is 0 Å². The molecule has 0 aromatic heterocycles. The Balaban J connectivity index is 1.73. The van der Waals surface area contributed by atoms with E-state index >= 15 is 0 Å². The maximum absolute atomic E-state index is 12.8. The van der Waals surface area contributed by atoms with Gasteiger partial charge >= 0.3 is 5.97 Å². The van der Waals surface area contributed by atoms with E-state index in [4.69, 9.17) is 16.7 Å². The first-order chi connectivity index (χ1) is 10.6. The molecule has 1 saturated carbocycles. The highest BCUT2D eigenvalue weighted by Gasteiger charge is 2.33. The van der Waals surface area contributed by atoms with E-state index in [2.05, 4.69) is 0 Å². The van der Waals surface area contributed by atoms with Crippen LogP contribution in [0, 0.1) is 11.8 Å². The van der Waals surface area contributed by atoms with E-state index < -0.39 is 5.97 Å². The highest BCUT2D eigenvalue weighted by atomic mass is 35.5. The summed E-state index contributed by atoms with van der Waals surface area (Å²) in [4.78, 5) is 25.8. The molecule has 22 heavy (non-hydrogen) atoms. The molecule has 1 heterocycles. The molecule has 1 aliphatic carbocycles. The molecule has 0 bridgehead atoms. The van der Waals surface area contributed by atoms with Crippen LogP contribution in [0.15, 0.2) is 18.2 Å². The number of nitrogens with zero attached hydrogens (tertiary/aromatic N) is 1. The van der Waals surface area contributed by atoms with Gasteiger partial charge in [-0.1, -0.05) is 24.1 Å². The van der Waals surface area contributed by atoms with Crippen molar-refractivity contribution in [2.24, 2.45) is 11.8 Å². The van der Waals surface area contributed by atoms with Crippen LogP contribution in [0.4, 0.5) is 5.69 Å². The molecular formula is C17H20ClNO3. The zero-order valence-electron chi connectivity index (χ0n) is 12.4. The van der Waals surface area contributed by atoms with Gasteiger partial charge in [0.2, 0.25) is 5.91 Å². The molecule has 5 heteroatoms. The lowest BCUT2D eigenvalue weighted by Gasteiger charge is -2.23. The number of carbonyl (C=O) groups excluding carboxylic acids is 1. The number of carboxylic acid groups (broad SMARTS) is 1. The number of hydrogen-bond acceptors (Lipinski definition) is 2. The number of benzene rings is 1. The number of amides is 1. The minimum atomic E-state index is -0.730. The van der Waals surface area contributed by atoms with E-state index in [1.165, 1.54) is 0 Å². The summed E-state index contributed by atoms with van der Waals surface area (Å²) in [5, 5.41) is 9.79.